The lowest BCUT2D eigenvalue weighted by Gasteiger charge is -2.40. The number of anilines is 1. The Kier molecular flexibility index (Phi) is 5.38. The molecule has 0 aliphatic carbocycles. The van der Waals surface area contributed by atoms with Gasteiger partial charge in [0.15, 0.2) is 0 Å². The Hall–Kier alpha value is -3.09. The number of benzene rings is 1. The van der Waals surface area contributed by atoms with E-state index in [1.807, 2.05) is 43.8 Å². The van der Waals surface area contributed by atoms with E-state index in [1.165, 1.54) is 0 Å². The van der Waals surface area contributed by atoms with Crippen molar-refractivity contribution < 1.29 is 14.3 Å². The fraction of sp³-hybridized carbons (Fsp3) is 0.409. The molecule has 29 heavy (non-hydrogen) atoms. The van der Waals surface area contributed by atoms with E-state index in [2.05, 4.69) is 26.4 Å². The van der Waals surface area contributed by atoms with Crippen molar-refractivity contribution in [1.29, 1.82) is 0 Å². The van der Waals surface area contributed by atoms with Crippen molar-refractivity contribution in [2.24, 2.45) is 5.92 Å². The molecule has 0 saturated carbocycles. The van der Waals surface area contributed by atoms with Crippen molar-refractivity contribution in [2.75, 3.05) is 31.7 Å². The molecule has 7 nitrogen and oxygen atoms in total. The SMILES string of the molecule is CCOC(=O)c1cnc2ccc(OC)cc2c1N1CCC(C)C(n2ccnc2)C1. The van der Waals surface area contributed by atoms with Crippen molar-refractivity contribution in [1.82, 2.24) is 14.5 Å². The van der Waals surface area contributed by atoms with Crippen LogP contribution in [0.4, 0.5) is 5.69 Å². The summed E-state index contributed by atoms with van der Waals surface area (Å²) < 4.78 is 12.9. The van der Waals surface area contributed by atoms with E-state index >= 15 is 0 Å². The van der Waals surface area contributed by atoms with Crippen LogP contribution in [0.5, 0.6) is 5.75 Å². The molecule has 1 saturated heterocycles. The van der Waals surface area contributed by atoms with Crippen molar-refractivity contribution in [2.45, 2.75) is 26.3 Å². The molecule has 0 radical (unpaired) electrons. The van der Waals surface area contributed by atoms with Crippen LogP contribution >= 0.6 is 0 Å². The molecule has 2 unspecified atom stereocenters. The maximum absolute atomic E-state index is 12.7. The average Bonchev–Trinajstić information content (AvgIpc) is 3.27. The van der Waals surface area contributed by atoms with Gasteiger partial charge in [-0.1, -0.05) is 6.92 Å². The molecule has 7 heteroatoms. The zero-order valence-corrected chi connectivity index (χ0v) is 17.0. The quantitative estimate of drug-likeness (QED) is 0.615. The number of piperidine rings is 1. The summed E-state index contributed by atoms with van der Waals surface area (Å²) in [6.07, 6.45) is 8.32. The summed E-state index contributed by atoms with van der Waals surface area (Å²) in [7, 11) is 1.64. The van der Waals surface area contributed by atoms with E-state index in [0.717, 1.165) is 41.9 Å². The van der Waals surface area contributed by atoms with Crippen molar-refractivity contribution in [3.63, 3.8) is 0 Å². The topological polar surface area (TPSA) is 69.5 Å². The number of aromatic nitrogens is 3. The number of hydrogen-bond acceptors (Lipinski definition) is 6. The van der Waals surface area contributed by atoms with Gasteiger partial charge < -0.3 is 18.9 Å². The zero-order valence-electron chi connectivity index (χ0n) is 17.0. The number of nitrogens with zero attached hydrogens (tertiary/aromatic N) is 4. The molecule has 0 spiro atoms. The van der Waals surface area contributed by atoms with Gasteiger partial charge in [0.25, 0.3) is 0 Å². The summed E-state index contributed by atoms with van der Waals surface area (Å²) in [6.45, 7) is 6.03. The predicted molar refractivity (Wildman–Crippen MR) is 112 cm³/mol. The Morgan fingerprint density at radius 3 is 2.93 bits per heavy atom. The molecule has 3 heterocycles. The van der Waals surface area contributed by atoms with Gasteiger partial charge in [0.05, 0.1) is 37.3 Å². The molecule has 4 rings (SSSR count). The highest BCUT2D eigenvalue weighted by Crippen LogP contribution is 2.37. The van der Waals surface area contributed by atoms with Gasteiger partial charge in [-0.2, -0.15) is 0 Å². The summed E-state index contributed by atoms with van der Waals surface area (Å²) in [5.74, 6) is 0.893. The number of hydrogen-bond donors (Lipinski definition) is 0. The fourth-order valence-corrected chi connectivity index (χ4v) is 4.09. The number of carbonyl (C=O) groups excluding carboxylic acids is 1. The van der Waals surface area contributed by atoms with E-state index in [1.54, 1.807) is 13.3 Å². The maximum atomic E-state index is 12.7. The number of ether oxygens (including phenoxy) is 2. The van der Waals surface area contributed by atoms with Crippen LogP contribution < -0.4 is 9.64 Å². The zero-order chi connectivity index (χ0) is 20.4. The number of esters is 1. The van der Waals surface area contributed by atoms with E-state index in [4.69, 9.17) is 9.47 Å². The minimum atomic E-state index is -0.350. The first kappa shape index (κ1) is 19.2. The second-order valence-corrected chi connectivity index (χ2v) is 7.41. The highest BCUT2D eigenvalue weighted by Gasteiger charge is 2.31. The number of methoxy groups -OCH3 is 1. The Balaban J connectivity index is 1.83. The van der Waals surface area contributed by atoms with Crippen LogP contribution in [0.3, 0.4) is 0 Å². The second kappa shape index (κ2) is 8.11. The first-order valence-corrected chi connectivity index (χ1v) is 9.98. The molecule has 1 aromatic carbocycles. The van der Waals surface area contributed by atoms with Crippen molar-refractivity contribution in [3.05, 3.63) is 48.7 Å². The average molecular weight is 394 g/mol. The summed E-state index contributed by atoms with van der Waals surface area (Å²) in [5.41, 5.74) is 2.18. The monoisotopic (exact) mass is 394 g/mol. The molecule has 3 aromatic rings. The Labute approximate surface area is 170 Å². The van der Waals surface area contributed by atoms with Crippen LogP contribution in [-0.2, 0) is 4.74 Å². The van der Waals surface area contributed by atoms with Crippen molar-refractivity contribution >= 4 is 22.6 Å². The van der Waals surface area contributed by atoms with Gasteiger partial charge in [0.1, 0.15) is 11.3 Å². The van der Waals surface area contributed by atoms with Gasteiger partial charge in [0.2, 0.25) is 0 Å². The lowest BCUT2D eigenvalue weighted by molar-refractivity contribution is 0.0526. The molecule has 0 N–H and O–H groups in total. The smallest absolute Gasteiger partial charge is 0.341 e. The summed E-state index contributed by atoms with van der Waals surface area (Å²) in [4.78, 5) is 23.7. The lowest BCUT2D eigenvalue weighted by atomic mass is 9.92. The van der Waals surface area contributed by atoms with Gasteiger partial charge in [0, 0.05) is 37.1 Å². The van der Waals surface area contributed by atoms with Gasteiger partial charge in [-0.05, 0) is 37.5 Å². The first-order valence-electron chi connectivity index (χ1n) is 9.98. The molecule has 2 atom stereocenters. The van der Waals surface area contributed by atoms with Gasteiger partial charge in [-0.15, -0.1) is 0 Å². The van der Waals surface area contributed by atoms with Gasteiger partial charge >= 0.3 is 5.97 Å². The third-order valence-corrected chi connectivity index (χ3v) is 5.68. The summed E-state index contributed by atoms with van der Waals surface area (Å²) in [6, 6.07) is 6.03. The van der Waals surface area contributed by atoms with Crippen LogP contribution in [0, 0.1) is 5.92 Å². The molecule has 0 amide bonds. The molecule has 2 aromatic heterocycles. The summed E-state index contributed by atoms with van der Waals surface area (Å²) >= 11 is 0. The Bertz CT molecular complexity index is 1000. The van der Waals surface area contributed by atoms with Crippen LogP contribution in [0.25, 0.3) is 10.9 Å². The minimum absolute atomic E-state index is 0.273. The number of fused-ring (bicyclic) bond motifs is 1. The molecule has 1 aliphatic rings. The number of imidazole rings is 1. The second-order valence-electron chi connectivity index (χ2n) is 7.41. The normalized spacial score (nSPS) is 19.3. The van der Waals surface area contributed by atoms with Crippen LogP contribution in [0.15, 0.2) is 43.1 Å². The van der Waals surface area contributed by atoms with E-state index in [-0.39, 0.29) is 12.0 Å². The lowest BCUT2D eigenvalue weighted by Crippen LogP contribution is -2.41. The van der Waals surface area contributed by atoms with Crippen LogP contribution in [0.1, 0.15) is 36.7 Å². The highest BCUT2D eigenvalue weighted by molar-refractivity contribution is 6.05. The number of rotatable bonds is 5. The molecule has 152 valence electrons. The van der Waals surface area contributed by atoms with E-state index in [0.29, 0.717) is 18.1 Å². The van der Waals surface area contributed by atoms with E-state index < -0.39 is 0 Å². The minimum Gasteiger partial charge on any atom is -0.497 e. The fourth-order valence-electron chi connectivity index (χ4n) is 4.09. The summed E-state index contributed by atoms with van der Waals surface area (Å²) in [5, 5.41) is 0.897. The van der Waals surface area contributed by atoms with Crippen molar-refractivity contribution in [3.8, 4) is 5.75 Å². The Morgan fingerprint density at radius 2 is 2.21 bits per heavy atom. The Morgan fingerprint density at radius 1 is 1.34 bits per heavy atom. The first-order chi connectivity index (χ1) is 14.1. The van der Waals surface area contributed by atoms with Gasteiger partial charge in [-0.25, -0.2) is 9.78 Å². The van der Waals surface area contributed by atoms with Crippen LogP contribution in [0.2, 0.25) is 0 Å². The van der Waals surface area contributed by atoms with E-state index in [9.17, 15) is 4.79 Å². The number of pyridine rings is 1. The number of carbonyl (C=O) groups is 1. The third-order valence-electron chi connectivity index (χ3n) is 5.68. The molecule has 1 aliphatic heterocycles. The molecular formula is C22H26N4O3. The molecule has 1 fully saturated rings. The third kappa shape index (κ3) is 3.64. The predicted octanol–water partition coefficient (Wildman–Crippen LogP) is 3.70. The largest absolute Gasteiger partial charge is 0.497 e. The van der Waals surface area contributed by atoms with Crippen LogP contribution in [-0.4, -0.2) is 47.3 Å². The van der Waals surface area contributed by atoms with Gasteiger partial charge in [-0.3, -0.25) is 4.98 Å². The highest BCUT2D eigenvalue weighted by atomic mass is 16.5. The maximum Gasteiger partial charge on any atom is 0.341 e. The molecule has 0 bridgehead atoms. The molecular weight excluding hydrogens is 368 g/mol. The standard InChI is InChI=1S/C22H26N4O3/c1-4-29-22(27)18-12-24-19-6-5-16(28-3)11-17(19)21(18)25-9-7-15(2)20(13-25)26-10-8-23-14-26/h5-6,8,10-12,14-15,20H,4,7,9,13H2,1-3H3.